The first-order valence-electron chi connectivity index (χ1n) is 2.64. The molecular weight excluding hydrogens is 215 g/mol. The average Bonchev–Trinajstić information content (AvgIpc) is 1.89. The van der Waals surface area contributed by atoms with Gasteiger partial charge in [-0.15, -0.1) is 12.4 Å². The molecule has 1 rings (SSSR count). The maximum absolute atomic E-state index is 5.36. The first kappa shape index (κ1) is 9.88. The van der Waals surface area contributed by atoms with Crippen LogP contribution >= 0.6 is 28.3 Å². The fourth-order valence-corrected chi connectivity index (χ4v) is 0.985. The molecule has 0 aromatic carbocycles. The minimum atomic E-state index is 0. The maximum Gasteiger partial charge on any atom is 0.0681 e. The summed E-state index contributed by atoms with van der Waals surface area (Å²) in [5.41, 5.74) is 6.26. The summed E-state index contributed by atoms with van der Waals surface area (Å²) < 4.78 is 0.979. The first-order valence-corrected chi connectivity index (χ1v) is 3.43. The van der Waals surface area contributed by atoms with E-state index in [4.69, 9.17) is 5.73 Å². The molecule has 0 atom stereocenters. The van der Waals surface area contributed by atoms with Crippen LogP contribution in [0.4, 0.5) is 0 Å². The van der Waals surface area contributed by atoms with Gasteiger partial charge in [0.25, 0.3) is 0 Å². The Bertz CT molecular complexity index is 205. The monoisotopic (exact) mass is 222 g/mol. The van der Waals surface area contributed by atoms with Crippen molar-refractivity contribution in [2.45, 2.75) is 6.54 Å². The van der Waals surface area contributed by atoms with Gasteiger partial charge in [-0.25, -0.2) is 0 Å². The third kappa shape index (κ3) is 2.25. The topological polar surface area (TPSA) is 38.9 Å². The lowest BCUT2D eigenvalue weighted by Gasteiger charge is -1.95. The number of nitrogens with two attached hydrogens (primary N) is 1. The summed E-state index contributed by atoms with van der Waals surface area (Å²) in [4.78, 5) is 4.02. The summed E-state index contributed by atoms with van der Waals surface area (Å²) in [5.74, 6) is 0. The molecule has 4 heteroatoms. The van der Waals surface area contributed by atoms with Gasteiger partial charge in [-0.3, -0.25) is 4.98 Å². The Morgan fingerprint density at radius 3 is 2.70 bits per heavy atom. The number of hydrogen-bond acceptors (Lipinski definition) is 2. The molecule has 0 amide bonds. The Morgan fingerprint density at radius 1 is 1.60 bits per heavy atom. The molecule has 0 aliphatic heterocycles. The normalized spacial score (nSPS) is 8.60. The van der Waals surface area contributed by atoms with Gasteiger partial charge in [-0.2, -0.15) is 0 Å². The lowest BCUT2D eigenvalue weighted by molar-refractivity contribution is 0.979. The molecule has 56 valence electrons. The van der Waals surface area contributed by atoms with Crippen LogP contribution in [-0.2, 0) is 6.54 Å². The van der Waals surface area contributed by atoms with Crippen molar-refractivity contribution < 1.29 is 0 Å². The minimum Gasteiger partial charge on any atom is -0.325 e. The maximum atomic E-state index is 5.36. The van der Waals surface area contributed by atoms with Crippen LogP contribution in [0.1, 0.15) is 5.69 Å². The predicted octanol–water partition coefficient (Wildman–Crippen LogP) is 1.72. The zero-order valence-electron chi connectivity index (χ0n) is 5.25. The van der Waals surface area contributed by atoms with Crippen molar-refractivity contribution >= 4 is 28.3 Å². The second-order valence-corrected chi connectivity index (χ2v) is 2.49. The van der Waals surface area contributed by atoms with E-state index in [2.05, 4.69) is 20.9 Å². The van der Waals surface area contributed by atoms with Crippen LogP contribution in [0, 0.1) is 0 Å². The molecule has 0 spiro atoms. The smallest absolute Gasteiger partial charge is 0.0681 e. The van der Waals surface area contributed by atoms with Crippen LogP contribution in [0.15, 0.2) is 22.8 Å². The van der Waals surface area contributed by atoms with Gasteiger partial charge in [-0.1, -0.05) is 0 Å². The van der Waals surface area contributed by atoms with Crippen LogP contribution in [0.5, 0.6) is 0 Å². The molecule has 2 N–H and O–H groups in total. The van der Waals surface area contributed by atoms with E-state index in [1.807, 2.05) is 12.1 Å². The SMILES string of the molecule is Cl.NCc1ncccc1Br. The third-order valence-electron chi connectivity index (χ3n) is 1.03. The van der Waals surface area contributed by atoms with E-state index in [1.165, 1.54) is 0 Å². The van der Waals surface area contributed by atoms with E-state index in [0.717, 1.165) is 10.2 Å². The highest BCUT2D eigenvalue weighted by Crippen LogP contribution is 2.11. The second kappa shape index (κ2) is 4.66. The quantitative estimate of drug-likeness (QED) is 0.787. The Labute approximate surface area is 74.4 Å². The molecule has 10 heavy (non-hydrogen) atoms. The third-order valence-corrected chi connectivity index (χ3v) is 1.75. The van der Waals surface area contributed by atoms with E-state index >= 15 is 0 Å². The van der Waals surface area contributed by atoms with E-state index in [-0.39, 0.29) is 12.4 Å². The highest BCUT2D eigenvalue weighted by Gasteiger charge is 1.93. The van der Waals surface area contributed by atoms with Crippen molar-refractivity contribution in [3.63, 3.8) is 0 Å². The Morgan fingerprint density at radius 2 is 2.30 bits per heavy atom. The van der Waals surface area contributed by atoms with Gasteiger partial charge in [0.2, 0.25) is 0 Å². The largest absolute Gasteiger partial charge is 0.325 e. The van der Waals surface area contributed by atoms with Gasteiger partial charge in [-0.05, 0) is 28.1 Å². The molecule has 0 fully saturated rings. The molecule has 0 bridgehead atoms. The van der Waals surface area contributed by atoms with E-state index in [1.54, 1.807) is 6.20 Å². The van der Waals surface area contributed by atoms with E-state index < -0.39 is 0 Å². The highest BCUT2D eigenvalue weighted by molar-refractivity contribution is 9.10. The molecule has 1 aromatic rings. The molecule has 0 unspecified atom stereocenters. The van der Waals surface area contributed by atoms with Gasteiger partial charge in [0.15, 0.2) is 0 Å². The zero-order chi connectivity index (χ0) is 6.69. The van der Waals surface area contributed by atoms with Crippen molar-refractivity contribution in [1.82, 2.24) is 4.98 Å². The molecule has 1 heterocycles. The van der Waals surface area contributed by atoms with Crippen molar-refractivity contribution in [1.29, 1.82) is 0 Å². The van der Waals surface area contributed by atoms with Crippen LogP contribution in [-0.4, -0.2) is 4.98 Å². The minimum absolute atomic E-state index is 0. The summed E-state index contributed by atoms with van der Waals surface area (Å²) in [6.45, 7) is 0.488. The summed E-state index contributed by atoms with van der Waals surface area (Å²) in [7, 11) is 0. The fourth-order valence-electron chi connectivity index (χ4n) is 0.569. The van der Waals surface area contributed by atoms with Gasteiger partial charge in [0.1, 0.15) is 0 Å². The molecule has 1 aromatic heterocycles. The van der Waals surface area contributed by atoms with Crippen molar-refractivity contribution in [2.75, 3.05) is 0 Å². The van der Waals surface area contributed by atoms with Crippen molar-refractivity contribution in [3.05, 3.63) is 28.5 Å². The molecule has 2 nitrogen and oxygen atoms in total. The lowest BCUT2D eigenvalue weighted by Crippen LogP contribution is -1.99. The van der Waals surface area contributed by atoms with Crippen LogP contribution < -0.4 is 5.73 Å². The van der Waals surface area contributed by atoms with Gasteiger partial charge in [0.05, 0.1) is 5.69 Å². The Hall–Kier alpha value is -0.120. The predicted molar refractivity (Wildman–Crippen MR) is 47.1 cm³/mol. The summed E-state index contributed by atoms with van der Waals surface area (Å²) in [6.07, 6.45) is 1.73. The first-order chi connectivity index (χ1) is 4.34. The van der Waals surface area contributed by atoms with E-state index in [9.17, 15) is 0 Å². The van der Waals surface area contributed by atoms with E-state index in [0.29, 0.717) is 6.54 Å². The number of nitrogens with zero attached hydrogens (tertiary/aromatic N) is 1. The number of pyridine rings is 1. The van der Waals surface area contributed by atoms with Gasteiger partial charge in [0, 0.05) is 17.2 Å². The molecular formula is C6H8BrClN2. The molecule has 0 aliphatic rings. The summed E-state index contributed by atoms with van der Waals surface area (Å²) in [6, 6.07) is 3.79. The Balaban J connectivity index is 0.000000810. The van der Waals surface area contributed by atoms with Crippen LogP contribution in [0.3, 0.4) is 0 Å². The van der Waals surface area contributed by atoms with Gasteiger partial charge < -0.3 is 5.73 Å². The average molecular weight is 224 g/mol. The summed E-state index contributed by atoms with van der Waals surface area (Å²) >= 11 is 3.31. The Kier molecular flexibility index (Phi) is 4.60. The number of hydrogen-bond donors (Lipinski definition) is 1. The van der Waals surface area contributed by atoms with Crippen LogP contribution in [0.2, 0.25) is 0 Å². The molecule has 0 saturated heterocycles. The standard InChI is InChI=1S/C6H7BrN2.ClH/c7-5-2-1-3-9-6(5)4-8;/h1-3H,4,8H2;1H. The molecule has 0 radical (unpaired) electrons. The fraction of sp³-hybridized carbons (Fsp3) is 0.167. The second-order valence-electron chi connectivity index (χ2n) is 1.64. The van der Waals surface area contributed by atoms with Crippen molar-refractivity contribution in [2.24, 2.45) is 5.73 Å². The van der Waals surface area contributed by atoms with Crippen molar-refractivity contribution in [3.8, 4) is 0 Å². The summed E-state index contributed by atoms with van der Waals surface area (Å²) in [5, 5.41) is 0. The number of halogens is 2. The number of rotatable bonds is 1. The van der Waals surface area contributed by atoms with Gasteiger partial charge >= 0.3 is 0 Å². The number of aromatic nitrogens is 1. The lowest BCUT2D eigenvalue weighted by atomic mass is 10.4. The highest BCUT2D eigenvalue weighted by atomic mass is 79.9. The zero-order valence-corrected chi connectivity index (χ0v) is 7.65. The van der Waals surface area contributed by atoms with Crippen LogP contribution in [0.25, 0.3) is 0 Å². The molecule has 0 saturated carbocycles. The molecule has 0 aliphatic carbocycles.